The van der Waals surface area contributed by atoms with E-state index in [0.29, 0.717) is 0 Å². The molecule has 92 valence electrons. The van der Waals surface area contributed by atoms with Crippen molar-refractivity contribution in [2.45, 2.75) is 52.4 Å². The van der Waals surface area contributed by atoms with Crippen molar-refractivity contribution in [3.8, 4) is 0 Å². The first-order valence-electron chi connectivity index (χ1n) is 5.94. The Morgan fingerprint density at radius 3 is 2.12 bits per heavy atom. The number of nitrogens with zero attached hydrogens (tertiary/aromatic N) is 2. The Balaban J connectivity index is 2.76. The Hall–Kier alpha value is -1.38. The predicted molar refractivity (Wildman–Crippen MR) is 69.2 cm³/mol. The zero-order chi connectivity index (χ0) is 12.8. The van der Waals surface area contributed by atoms with E-state index in [1.165, 1.54) is 6.39 Å². The summed E-state index contributed by atoms with van der Waals surface area (Å²) in [5.41, 5.74) is 3.86. The van der Waals surface area contributed by atoms with Crippen LogP contribution in [0.4, 0.5) is 0 Å². The molecule has 2 heterocycles. The van der Waals surface area contributed by atoms with Crippen molar-refractivity contribution in [3.05, 3.63) is 23.8 Å². The van der Waals surface area contributed by atoms with E-state index in [1.807, 2.05) is 6.20 Å². The van der Waals surface area contributed by atoms with Crippen LogP contribution in [0, 0.1) is 0 Å². The van der Waals surface area contributed by atoms with Crippen LogP contribution in [0.15, 0.2) is 17.0 Å². The van der Waals surface area contributed by atoms with Crippen molar-refractivity contribution in [1.82, 2.24) is 9.97 Å². The van der Waals surface area contributed by atoms with Crippen LogP contribution >= 0.6 is 0 Å². The van der Waals surface area contributed by atoms with E-state index in [9.17, 15) is 0 Å². The molecule has 0 aliphatic rings. The first kappa shape index (κ1) is 12.1. The van der Waals surface area contributed by atoms with E-state index >= 15 is 0 Å². The van der Waals surface area contributed by atoms with E-state index < -0.39 is 0 Å². The highest BCUT2D eigenvalue weighted by Crippen LogP contribution is 2.33. The van der Waals surface area contributed by atoms with Crippen molar-refractivity contribution in [2.75, 3.05) is 0 Å². The average Bonchev–Trinajstić information content (AvgIpc) is 2.60. The lowest BCUT2D eigenvalue weighted by Crippen LogP contribution is -2.17. The zero-order valence-corrected chi connectivity index (χ0v) is 11.5. The fourth-order valence-electron chi connectivity index (χ4n) is 1.94. The van der Waals surface area contributed by atoms with Gasteiger partial charge < -0.3 is 4.42 Å². The molecule has 0 aliphatic carbocycles. The summed E-state index contributed by atoms with van der Waals surface area (Å²) < 4.78 is 5.54. The molecule has 0 saturated carbocycles. The predicted octanol–water partition coefficient (Wildman–Crippen LogP) is 3.82. The fourth-order valence-corrected chi connectivity index (χ4v) is 1.94. The molecule has 0 aromatic carbocycles. The number of aromatic nitrogens is 2. The van der Waals surface area contributed by atoms with E-state index in [1.54, 1.807) is 0 Å². The summed E-state index contributed by atoms with van der Waals surface area (Å²) in [6.45, 7) is 12.9. The number of rotatable bonds is 0. The monoisotopic (exact) mass is 232 g/mol. The molecular weight excluding hydrogens is 212 g/mol. The van der Waals surface area contributed by atoms with Gasteiger partial charge >= 0.3 is 0 Å². The van der Waals surface area contributed by atoms with Gasteiger partial charge in [-0.25, -0.2) is 4.98 Å². The van der Waals surface area contributed by atoms with Gasteiger partial charge in [-0.05, 0) is 5.41 Å². The van der Waals surface area contributed by atoms with E-state index in [4.69, 9.17) is 4.42 Å². The maximum atomic E-state index is 5.54. The summed E-state index contributed by atoms with van der Waals surface area (Å²) >= 11 is 0. The van der Waals surface area contributed by atoms with Crippen LogP contribution in [0.1, 0.15) is 52.8 Å². The highest BCUT2D eigenvalue weighted by atomic mass is 16.3. The molecular formula is C14H20N2O. The number of oxazole rings is 1. The van der Waals surface area contributed by atoms with Gasteiger partial charge in [-0.3, -0.25) is 4.98 Å². The summed E-state index contributed by atoms with van der Waals surface area (Å²) in [6, 6.07) is 0. The van der Waals surface area contributed by atoms with Crippen molar-refractivity contribution >= 4 is 11.1 Å². The second-order valence-electron chi connectivity index (χ2n) is 6.55. The maximum Gasteiger partial charge on any atom is 0.182 e. The Labute approximate surface area is 102 Å². The highest BCUT2D eigenvalue weighted by Gasteiger charge is 2.26. The zero-order valence-electron chi connectivity index (χ0n) is 11.5. The average molecular weight is 232 g/mol. The van der Waals surface area contributed by atoms with Gasteiger partial charge in [-0.1, -0.05) is 41.5 Å². The summed E-state index contributed by atoms with van der Waals surface area (Å²) in [4.78, 5) is 8.94. The van der Waals surface area contributed by atoms with Crippen LogP contribution in [0.25, 0.3) is 11.1 Å². The van der Waals surface area contributed by atoms with Crippen LogP contribution in [-0.4, -0.2) is 9.97 Å². The third kappa shape index (κ3) is 2.06. The Kier molecular flexibility index (Phi) is 2.53. The third-order valence-electron chi connectivity index (χ3n) is 2.88. The highest BCUT2D eigenvalue weighted by molar-refractivity contribution is 5.79. The molecule has 3 nitrogen and oxygen atoms in total. The second kappa shape index (κ2) is 3.56. The van der Waals surface area contributed by atoms with Crippen LogP contribution in [0.3, 0.4) is 0 Å². The SMILES string of the molecule is CC(C)(C)c1cnc(C(C)(C)C)c2ocnc12. The molecule has 0 N–H and O–H groups in total. The van der Waals surface area contributed by atoms with Crippen LogP contribution < -0.4 is 0 Å². The summed E-state index contributed by atoms with van der Waals surface area (Å²) in [5.74, 6) is 0. The lowest BCUT2D eigenvalue weighted by molar-refractivity contribution is 0.535. The number of hydrogen-bond acceptors (Lipinski definition) is 3. The van der Waals surface area contributed by atoms with Crippen LogP contribution in [-0.2, 0) is 10.8 Å². The molecule has 0 amide bonds. The molecule has 0 radical (unpaired) electrons. The fraction of sp³-hybridized carbons (Fsp3) is 0.571. The van der Waals surface area contributed by atoms with Gasteiger partial charge in [0.15, 0.2) is 12.0 Å². The van der Waals surface area contributed by atoms with Crippen LogP contribution in [0.5, 0.6) is 0 Å². The Morgan fingerprint density at radius 1 is 0.941 bits per heavy atom. The Morgan fingerprint density at radius 2 is 1.59 bits per heavy atom. The number of hydrogen-bond donors (Lipinski definition) is 0. The second-order valence-corrected chi connectivity index (χ2v) is 6.55. The van der Waals surface area contributed by atoms with Crippen molar-refractivity contribution in [1.29, 1.82) is 0 Å². The molecule has 2 rings (SSSR count). The molecule has 0 atom stereocenters. The first-order chi connectivity index (χ1) is 7.71. The lowest BCUT2D eigenvalue weighted by Gasteiger charge is -2.22. The summed E-state index contributed by atoms with van der Waals surface area (Å²) in [5, 5.41) is 0. The van der Waals surface area contributed by atoms with Gasteiger partial charge in [0.2, 0.25) is 0 Å². The van der Waals surface area contributed by atoms with E-state index in [0.717, 1.165) is 22.4 Å². The topological polar surface area (TPSA) is 38.9 Å². The lowest BCUT2D eigenvalue weighted by atomic mass is 9.85. The van der Waals surface area contributed by atoms with E-state index in [-0.39, 0.29) is 10.8 Å². The quantitative estimate of drug-likeness (QED) is 0.693. The standard InChI is InChI=1S/C14H20N2O/c1-13(2,3)9-7-15-12(14(4,5)6)11-10(9)16-8-17-11/h7-8H,1-6H3. The number of fused-ring (bicyclic) bond motifs is 1. The molecule has 2 aromatic rings. The Bertz CT molecular complexity index is 493. The van der Waals surface area contributed by atoms with Gasteiger partial charge in [0, 0.05) is 17.2 Å². The molecule has 0 unspecified atom stereocenters. The van der Waals surface area contributed by atoms with Gasteiger partial charge in [0.05, 0.1) is 5.69 Å². The molecule has 17 heavy (non-hydrogen) atoms. The van der Waals surface area contributed by atoms with Gasteiger partial charge in [-0.15, -0.1) is 0 Å². The molecule has 0 bridgehead atoms. The molecule has 0 fully saturated rings. The summed E-state index contributed by atoms with van der Waals surface area (Å²) in [6.07, 6.45) is 3.45. The first-order valence-corrected chi connectivity index (χ1v) is 5.94. The number of pyridine rings is 1. The molecule has 0 spiro atoms. The van der Waals surface area contributed by atoms with Crippen molar-refractivity contribution < 1.29 is 4.42 Å². The van der Waals surface area contributed by atoms with Gasteiger partial charge in [0.1, 0.15) is 5.52 Å². The maximum absolute atomic E-state index is 5.54. The third-order valence-corrected chi connectivity index (χ3v) is 2.88. The van der Waals surface area contributed by atoms with Gasteiger partial charge in [-0.2, -0.15) is 0 Å². The largest absolute Gasteiger partial charge is 0.442 e. The smallest absolute Gasteiger partial charge is 0.182 e. The summed E-state index contributed by atoms with van der Waals surface area (Å²) in [7, 11) is 0. The molecule has 0 saturated heterocycles. The normalized spacial score (nSPS) is 13.3. The molecule has 0 aliphatic heterocycles. The molecule has 3 heteroatoms. The molecule has 2 aromatic heterocycles. The minimum atomic E-state index is -0.0335. The van der Waals surface area contributed by atoms with Crippen molar-refractivity contribution in [2.24, 2.45) is 0 Å². The van der Waals surface area contributed by atoms with E-state index in [2.05, 4.69) is 51.5 Å². The van der Waals surface area contributed by atoms with Crippen molar-refractivity contribution in [3.63, 3.8) is 0 Å². The minimum absolute atomic E-state index is 0.0263. The minimum Gasteiger partial charge on any atom is -0.442 e. The van der Waals surface area contributed by atoms with Gasteiger partial charge in [0.25, 0.3) is 0 Å². The van der Waals surface area contributed by atoms with Crippen LogP contribution in [0.2, 0.25) is 0 Å².